The molecule has 2 aliphatic rings. The first kappa shape index (κ1) is 23.2. The molecule has 1 atom stereocenters. The molecule has 0 radical (unpaired) electrons. The maximum atomic E-state index is 13.6. The van der Waals surface area contributed by atoms with Crippen molar-refractivity contribution in [2.45, 2.75) is 50.9 Å². The Kier molecular flexibility index (Phi) is 7.18. The Labute approximate surface area is 205 Å². The van der Waals surface area contributed by atoms with Crippen molar-refractivity contribution in [2.75, 3.05) is 19.6 Å². The molecule has 1 aliphatic carbocycles. The number of pyridine rings is 1. The molecule has 1 aromatic carbocycles. The molecule has 0 spiro atoms. The number of carbonyl (C=O) groups excluding carboxylic acids is 2. The summed E-state index contributed by atoms with van der Waals surface area (Å²) in [5.41, 5.74) is 2.16. The standard InChI is InChI=1S/C27H31N5O3/c33-26-19-30(27(34)21-8-6-12-24(16-21)32-15-7-14-29-32)17-25(35-20-22-9-4-5-13-28-22)18-31(26)23-10-2-1-3-11-23/h4-9,12-16,23,25H,1-3,10-11,17-20H2/t25-/m1/s1. The molecule has 0 N–H and O–H groups in total. The van der Waals surface area contributed by atoms with Gasteiger partial charge in [-0.25, -0.2) is 4.68 Å². The van der Waals surface area contributed by atoms with Crippen molar-refractivity contribution < 1.29 is 14.3 Å². The average Bonchev–Trinajstić information content (AvgIpc) is 3.40. The smallest absolute Gasteiger partial charge is 0.254 e. The molecule has 3 aromatic rings. The maximum Gasteiger partial charge on any atom is 0.254 e. The van der Waals surface area contributed by atoms with Crippen molar-refractivity contribution in [3.63, 3.8) is 0 Å². The van der Waals surface area contributed by atoms with Crippen LogP contribution in [-0.2, 0) is 16.1 Å². The lowest BCUT2D eigenvalue weighted by Gasteiger charge is -2.34. The van der Waals surface area contributed by atoms with E-state index in [4.69, 9.17) is 4.74 Å². The van der Waals surface area contributed by atoms with Gasteiger partial charge in [0.2, 0.25) is 5.91 Å². The van der Waals surface area contributed by atoms with Crippen LogP contribution in [0.5, 0.6) is 0 Å². The highest BCUT2D eigenvalue weighted by atomic mass is 16.5. The molecule has 2 fully saturated rings. The number of carbonyl (C=O) groups is 2. The van der Waals surface area contributed by atoms with E-state index in [0.29, 0.717) is 25.3 Å². The predicted octanol–water partition coefficient (Wildman–Crippen LogP) is 3.47. The quantitative estimate of drug-likeness (QED) is 0.548. The van der Waals surface area contributed by atoms with Crippen LogP contribution in [0.25, 0.3) is 5.69 Å². The SMILES string of the molecule is O=C(c1cccc(-n2cccn2)c1)N1CC(=O)N(C2CCCCC2)C[C@H](OCc2ccccn2)C1. The average molecular weight is 474 g/mol. The number of amides is 2. The van der Waals surface area contributed by atoms with E-state index in [2.05, 4.69) is 10.1 Å². The minimum absolute atomic E-state index is 0.00239. The van der Waals surface area contributed by atoms with Crippen molar-refractivity contribution >= 4 is 11.8 Å². The predicted molar refractivity (Wildman–Crippen MR) is 131 cm³/mol. The van der Waals surface area contributed by atoms with Gasteiger partial charge in [-0.3, -0.25) is 14.6 Å². The van der Waals surface area contributed by atoms with Gasteiger partial charge in [0.15, 0.2) is 0 Å². The number of aromatic nitrogens is 3. The summed E-state index contributed by atoms with van der Waals surface area (Å²) >= 11 is 0. The normalized spacial score (nSPS) is 19.5. The van der Waals surface area contributed by atoms with Gasteiger partial charge in [-0.1, -0.05) is 31.4 Å². The van der Waals surface area contributed by atoms with Crippen molar-refractivity contribution in [3.8, 4) is 5.69 Å². The molecule has 0 unspecified atom stereocenters. The zero-order chi connectivity index (χ0) is 24.0. The molecule has 8 heteroatoms. The highest BCUT2D eigenvalue weighted by molar-refractivity contribution is 5.97. The van der Waals surface area contributed by atoms with Crippen molar-refractivity contribution in [2.24, 2.45) is 0 Å². The van der Waals surface area contributed by atoms with Gasteiger partial charge >= 0.3 is 0 Å². The monoisotopic (exact) mass is 473 g/mol. The first-order valence-corrected chi connectivity index (χ1v) is 12.4. The van der Waals surface area contributed by atoms with E-state index in [0.717, 1.165) is 37.1 Å². The van der Waals surface area contributed by atoms with Crippen LogP contribution in [0, 0.1) is 0 Å². The summed E-state index contributed by atoms with van der Waals surface area (Å²) in [6, 6.07) is 15.1. The van der Waals surface area contributed by atoms with Gasteiger partial charge in [-0.05, 0) is 49.2 Å². The molecule has 2 amide bonds. The molecular weight excluding hydrogens is 442 g/mol. The maximum absolute atomic E-state index is 13.6. The molecule has 1 aliphatic heterocycles. The van der Waals surface area contributed by atoms with Gasteiger partial charge in [-0.2, -0.15) is 5.10 Å². The zero-order valence-electron chi connectivity index (χ0n) is 19.8. The van der Waals surface area contributed by atoms with Crippen LogP contribution < -0.4 is 0 Å². The van der Waals surface area contributed by atoms with Gasteiger partial charge < -0.3 is 14.5 Å². The molecule has 1 saturated heterocycles. The lowest BCUT2D eigenvalue weighted by Crippen LogP contribution is -2.46. The van der Waals surface area contributed by atoms with Crippen LogP contribution in [-0.4, -0.2) is 68.2 Å². The second-order valence-electron chi connectivity index (χ2n) is 9.28. The van der Waals surface area contributed by atoms with Gasteiger partial charge in [0.25, 0.3) is 5.91 Å². The van der Waals surface area contributed by atoms with Gasteiger partial charge in [0.1, 0.15) is 6.54 Å². The molecular formula is C27H31N5O3. The molecule has 0 bridgehead atoms. The number of hydrogen-bond acceptors (Lipinski definition) is 5. The second kappa shape index (κ2) is 10.8. The molecule has 3 heterocycles. The second-order valence-corrected chi connectivity index (χ2v) is 9.28. The van der Waals surface area contributed by atoms with E-state index in [9.17, 15) is 9.59 Å². The fourth-order valence-electron chi connectivity index (χ4n) is 5.02. The Bertz CT molecular complexity index is 1130. The van der Waals surface area contributed by atoms with E-state index in [1.807, 2.05) is 53.6 Å². The van der Waals surface area contributed by atoms with Crippen LogP contribution in [0.3, 0.4) is 0 Å². The summed E-state index contributed by atoms with van der Waals surface area (Å²) in [4.78, 5) is 34.9. The topological polar surface area (TPSA) is 80.6 Å². The molecule has 8 nitrogen and oxygen atoms in total. The summed E-state index contributed by atoms with van der Waals surface area (Å²) in [5, 5.41) is 4.26. The Hall–Kier alpha value is -3.52. The molecule has 1 saturated carbocycles. The highest BCUT2D eigenvalue weighted by Crippen LogP contribution is 2.25. The Balaban J connectivity index is 1.37. The number of ether oxygens (including phenoxy) is 1. The van der Waals surface area contributed by atoms with E-state index < -0.39 is 0 Å². The van der Waals surface area contributed by atoms with E-state index >= 15 is 0 Å². The highest BCUT2D eigenvalue weighted by Gasteiger charge is 2.35. The Morgan fingerprint density at radius 2 is 1.89 bits per heavy atom. The zero-order valence-corrected chi connectivity index (χ0v) is 19.8. The summed E-state index contributed by atoms with van der Waals surface area (Å²) in [6.07, 6.45) is 10.5. The van der Waals surface area contributed by atoms with Crippen LogP contribution in [0.15, 0.2) is 67.1 Å². The molecule has 2 aromatic heterocycles. The van der Waals surface area contributed by atoms with E-state index in [1.54, 1.807) is 28.0 Å². The first-order chi connectivity index (χ1) is 17.2. The van der Waals surface area contributed by atoms with Crippen LogP contribution in [0.2, 0.25) is 0 Å². The number of benzene rings is 1. The summed E-state index contributed by atoms with van der Waals surface area (Å²) < 4.78 is 7.97. The molecule has 182 valence electrons. The van der Waals surface area contributed by atoms with Crippen LogP contribution in [0.4, 0.5) is 0 Å². The lowest BCUT2D eigenvalue weighted by molar-refractivity contribution is -0.134. The Morgan fingerprint density at radius 3 is 2.66 bits per heavy atom. The number of hydrogen-bond donors (Lipinski definition) is 0. The third-order valence-electron chi connectivity index (χ3n) is 6.83. The molecule has 5 rings (SSSR count). The summed E-state index contributed by atoms with van der Waals surface area (Å²) in [6.45, 7) is 1.25. The minimum atomic E-state index is -0.288. The van der Waals surface area contributed by atoms with Crippen LogP contribution >= 0.6 is 0 Å². The third kappa shape index (κ3) is 5.59. The van der Waals surface area contributed by atoms with Gasteiger partial charge in [-0.15, -0.1) is 0 Å². The van der Waals surface area contributed by atoms with Crippen LogP contribution in [0.1, 0.15) is 48.2 Å². The van der Waals surface area contributed by atoms with E-state index in [1.165, 1.54) is 6.42 Å². The summed E-state index contributed by atoms with van der Waals surface area (Å²) in [7, 11) is 0. The third-order valence-corrected chi connectivity index (χ3v) is 6.83. The van der Waals surface area contributed by atoms with Crippen molar-refractivity contribution in [1.29, 1.82) is 0 Å². The number of nitrogens with zero attached hydrogens (tertiary/aromatic N) is 5. The van der Waals surface area contributed by atoms with Gasteiger partial charge in [0.05, 0.1) is 24.1 Å². The van der Waals surface area contributed by atoms with Crippen molar-refractivity contribution in [1.82, 2.24) is 24.6 Å². The van der Waals surface area contributed by atoms with Gasteiger partial charge in [0, 0.05) is 43.3 Å². The summed E-state index contributed by atoms with van der Waals surface area (Å²) in [5.74, 6) is -0.179. The van der Waals surface area contributed by atoms with E-state index in [-0.39, 0.29) is 30.5 Å². The molecule has 35 heavy (non-hydrogen) atoms. The van der Waals surface area contributed by atoms with Crippen molar-refractivity contribution in [3.05, 3.63) is 78.4 Å². The number of rotatable bonds is 6. The first-order valence-electron chi connectivity index (χ1n) is 12.4. The minimum Gasteiger partial charge on any atom is -0.368 e. The fourth-order valence-corrected chi connectivity index (χ4v) is 5.02. The Morgan fingerprint density at radius 1 is 1.00 bits per heavy atom. The largest absolute Gasteiger partial charge is 0.368 e. The fraction of sp³-hybridized carbons (Fsp3) is 0.407. The lowest BCUT2D eigenvalue weighted by atomic mass is 9.94.